The lowest BCUT2D eigenvalue weighted by Gasteiger charge is -2.40. The van der Waals surface area contributed by atoms with Crippen molar-refractivity contribution in [3.05, 3.63) is 53.1 Å². The van der Waals surface area contributed by atoms with Gasteiger partial charge in [-0.2, -0.15) is 0 Å². The van der Waals surface area contributed by atoms with Gasteiger partial charge in [0, 0.05) is 23.2 Å². The Morgan fingerprint density at radius 3 is 2.90 bits per heavy atom. The van der Waals surface area contributed by atoms with E-state index in [0.717, 1.165) is 47.2 Å². The van der Waals surface area contributed by atoms with Gasteiger partial charge in [-0.05, 0) is 37.1 Å². The highest BCUT2D eigenvalue weighted by molar-refractivity contribution is 6.31. The van der Waals surface area contributed by atoms with Crippen LogP contribution in [0.15, 0.2) is 42.5 Å². The van der Waals surface area contributed by atoms with Crippen LogP contribution in [0, 0.1) is 0 Å². The summed E-state index contributed by atoms with van der Waals surface area (Å²) in [7, 11) is 0. The van der Waals surface area contributed by atoms with E-state index >= 15 is 0 Å². The van der Waals surface area contributed by atoms with Crippen molar-refractivity contribution in [3.8, 4) is 11.5 Å². The fraction of sp³-hybridized carbons (Fsp3) is 0.294. The van der Waals surface area contributed by atoms with Crippen molar-refractivity contribution in [2.75, 3.05) is 11.4 Å². The summed E-state index contributed by atoms with van der Waals surface area (Å²) in [6.07, 6.45) is 2.12. The summed E-state index contributed by atoms with van der Waals surface area (Å²) in [6.45, 7) is 0.976. The molecule has 2 aliphatic rings. The minimum absolute atomic E-state index is 0.105. The van der Waals surface area contributed by atoms with Gasteiger partial charge in [-0.15, -0.1) is 0 Å². The Hall–Kier alpha value is -1.71. The summed E-state index contributed by atoms with van der Waals surface area (Å²) in [5.74, 6) is 1.74. The van der Waals surface area contributed by atoms with Crippen LogP contribution in [-0.4, -0.2) is 12.6 Å². The van der Waals surface area contributed by atoms with Gasteiger partial charge in [-0.25, -0.2) is 0 Å². The van der Waals surface area contributed by atoms with Crippen molar-refractivity contribution in [1.82, 2.24) is 0 Å². The molecule has 108 valence electrons. The molecule has 4 heteroatoms. The molecular formula is C17H17ClN2O. The van der Waals surface area contributed by atoms with Crippen molar-refractivity contribution in [1.29, 1.82) is 0 Å². The first-order chi connectivity index (χ1) is 10.2. The van der Waals surface area contributed by atoms with Crippen molar-refractivity contribution in [2.24, 2.45) is 5.73 Å². The predicted molar refractivity (Wildman–Crippen MR) is 85.3 cm³/mol. The molecule has 2 aliphatic heterocycles. The Kier molecular flexibility index (Phi) is 3.05. The zero-order chi connectivity index (χ0) is 14.4. The molecule has 0 aromatic heterocycles. The topological polar surface area (TPSA) is 38.5 Å². The number of halogens is 1. The Balaban J connectivity index is 1.94. The third-order valence-electron chi connectivity index (χ3n) is 4.37. The average molecular weight is 301 g/mol. The van der Waals surface area contributed by atoms with Gasteiger partial charge < -0.3 is 15.4 Å². The molecule has 1 saturated heterocycles. The lowest BCUT2D eigenvalue weighted by atomic mass is 9.90. The summed E-state index contributed by atoms with van der Waals surface area (Å²) < 4.78 is 6.14. The van der Waals surface area contributed by atoms with Crippen molar-refractivity contribution in [3.63, 3.8) is 0 Å². The second-order valence-corrected chi connectivity index (χ2v) is 6.13. The van der Waals surface area contributed by atoms with Gasteiger partial charge in [-0.1, -0.05) is 29.8 Å². The number of para-hydroxylation sites is 1. The number of nitrogens with zero attached hydrogens (tertiary/aromatic N) is 1. The molecule has 2 N–H and O–H groups in total. The van der Waals surface area contributed by atoms with Crippen LogP contribution in [0.3, 0.4) is 0 Å². The molecule has 1 fully saturated rings. The van der Waals surface area contributed by atoms with Crippen LogP contribution in [0.1, 0.15) is 24.4 Å². The summed E-state index contributed by atoms with van der Waals surface area (Å²) >= 11 is 6.20. The quantitative estimate of drug-likeness (QED) is 0.795. The molecule has 21 heavy (non-hydrogen) atoms. The van der Waals surface area contributed by atoms with Crippen molar-refractivity contribution in [2.45, 2.75) is 24.9 Å². The first-order valence-corrected chi connectivity index (χ1v) is 7.70. The molecule has 0 amide bonds. The number of nitrogens with two attached hydrogens (primary N) is 1. The maximum atomic E-state index is 6.44. The van der Waals surface area contributed by atoms with E-state index in [1.165, 1.54) is 0 Å². The third kappa shape index (κ3) is 2.08. The van der Waals surface area contributed by atoms with E-state index in [2.05, 4.69) is 11.0 Å². The summed E-state index contributed by atoms with van der Waals surface area (Å²) in [4.78, 5) is 2.35. The van der Waals surface area contributed by atoms with Gasteiger partial charge in [0.2, 0.25) is 0 Å². The number of fused-ring (bicyclic) bond motifs is 5. The summed E-state index contributed by atoms with van der Waals surface area (Å²) in [6, 6.07) is 14.2. The van der Waals surface area contributed by atoms with Crippen LogP contribution in [0.5, 0.6) is 11.5 Å². The van der Waals surface area contributed by atoms with Gasteiger partial charge >= 0.3 is 0 Å². The molecule has 0 bridgehead atoms. The maximum absolute atomic E-state index is 6.44. The first-order valence-electron chi connectivity index (χ1n) is 7.32. The number of hydrogen-bond donors (Lipinski definition) is 1. The average Bonchev–Trinajstić information content (AvgIpc) is 2.63. The van der Waals surface area contributed by atoms with Crippen LogP contribution >= 0.6 is 11.6 Å². The summed E-state index contributed by atoms with van der Waals surface area (Å²) in [5, 5.41) is 0.723. The van der Waals surface area contributed by atoms with Gasteiger partial charge in [0.25, 0.3) is 0 Å². The SMILES string of the molecule is N[C@H]1CCCN2c3cc(Cl)ccc3Oc3ccccc3[C@@H]12. The van der Waals surface area contributed by atoms with Gasteiger partial charge in [0.15, 0.2) is 5.75 Å². The predicted octanol–water partition coefficient (Wildman–Crippen LogP) is 4.11. The van der Waals surface area contributed by atoms with Crippen LogP contribution in [0.25, 0.3) is 0 Å². The summed E-state index contributed by atoms with van der Waals surface area (Å²) in [5.41, 5.74) is 8.64. The highest BCUT2D eigenvalue weighted by Crippen LogP contribution is 2.47. The number of anilines is 1. The van der Waals surface area contributed by atoms with E-state index in [9.17, 15) is 0 Å². The molecule has 3 nitrogen and oxygen atoms in total. The fourth-order valence-electron chi connectivity index (χ4n) is 3.43. The first kappa shape index (κ1) is 13.0. The van der Waals surface area contributed by atoms with Gasteiger partial charge in [-0.3, -0.25) is 0 Å². The Morgan fingerprint density at radius 2 is 2.00 bits per heavy atom. The van der Waals surface area contributed by atoms with Crippen LogP contribution < -0.4 is 15.4 Å². The normalized spacial score (nSPS) is 23.4. The molecule has 0 spiro atoms. The van der Waals surface area contributed by atoms with Crippen molar-refractivity contribution >= 4 is 17.3 Å². The largest absolute Gasteiger partial charge is 0.455 e. The van der Waals surface area contributed by atoms with Gasteiger partial charge in [0.1, 0.15) is 5.75 Å². The molecule has 0 saturated carbocycles. The van der Waals surface area contributed by atoms with E-state index in [-0.39, 0.29) is 12.1 Å². The minimum atomic E-state index is 0.105. The molecular weight excluding hydrogens is 284 g/mol. The lowest BCUT2D eigenvalue weighted by molar-refractivity contribution is 0.408. The van der Waals surface area contributed by atoms with E-state index < -0.39 is 0 Å². The number of hydrogen-bond acceptors (Lipinski definition) is 3. The number of ether oxygens (including phenoxy) is 1. The second kappa shape index (κ2) is 4.93. The van der Waals surface area contributed by atoms with E-state index in [1.54, 1.807) is 0 Å². The minimum Gasteiger partial charge on any atom is -0.455 e. The molecule has 2 atom stereocenters. The Morgan fingerprint density at radius 1 is 1.14 bits per heavy atom. The molecule has 2 aromatic carbocycles. The van der Waals surface area contributed by atoms with Crippen LogP contribution in [0.4, 0.5) is 5.69 Å². The molecule has 4 rings (SSSR count). The number of benzene rings is 2. The molecule has 0 radical (unpaired) electrons. The van der Waals surface area contributed by atoms with Crippen LogP contribution in [-0.2, 0) is 0 Å². The highest BCUT2D eigenvalue weighted by atomic mass is 35.5. The molecule has 2 heterocycles. The van der Waals surface area contributed by atoms with Crippen LogP contribution in [0.2, 0.25) is 5.02 Å². The Bertz CT molecular complexity index is 688. The number of rotatable bonds is 0. The van der Waals surface area contributed by atoms with E-state index in [4.69, 9.17) is 22.1 Å². The second-order valence-electron chi connectivity index (χ2n) is 5.70. The third-order valence-corrected chi connectivity index (χ3v) is 4.60. The zero-order valence-corrected chi connectivity index (χ0v) is 12.4. The highest BCUT2D eigenvalue weighted by Gasteiger charge is 2.36. The van der Waals surface area contributed by atoms with E-state index in [0.29, 0.717) is 0 Å². The molecule has 0 unspecified atom stereocenters. The Labute approximate surface area is 129 Å². The standard InChI is InChI=1S/C17H17ClN2O/c18-11-7-8-16-14(10-11)20-9-3-5-13(19)17(20)12-4-1-2-6-15(12)21-16/h1-2,4,6-8,10,13,17H,3,5,9,19H2/t13-,17-/m0/s1. The smallest absolute Gasteiger partial charge is 0.150 e. The number of piperidine rings is 1. The molecule has 2 aromatic rings. The van der Waals surface area contributed by atoms with E-state index in [1.807, 2.05) is 36.4 Å². The maximum Gasteiger partial charge on any atom is 0.150 e. The fourth-order valence-corrected chi connectivity index (χ4v) is 3.60. The lowest BCUT2D eigenvalue weighted by Crippen LogP contribution is -2.45. The molecule has 0 aliphatic carbocycles. The zero-order valence-electron chi connectivity index (χ0n) is 11.6. The van der Waals surface area contributed by atoms with Crippen molar-refractivity contribution < 1.29 is 4.74 Å². The van der Waals surface area contributed by atoms with Gasteiger partial charge in [0.05, 0.1) is 11.7 Å². The monoisotopic (exact) mass is 300 g/mol.